The van der Waals surface area contributed by atoms with Crippen molar-refractivity contribution in [2.75, 3.05) is 13.2 Å². The zero-order valence-electron chi connectivity index (χ0n) is 20.3. The highest BCUT2D eigenvalue weighted by Crippen LogP contribution is 2.23. The maximum absolute atomic E-state index is 11.9. The fourth-order valence-corrected chi connectivity index (χ4v) is 4.33. The Labute approximate surface area is 219 Å². The number of halogens is 1. The summed E-state index contributed by atoms with van der Waals surface area (Å²) in [5.41, 5.74) is 3.70. The molecule has 6 aromatic rings. The van der Waals surface area contributed by atoms with Crippen molar-refractivity contribution in [3.8, 4) is 0 Å². The number of esters is 2. The lowest BCUT2D eigenvalue weighted by molar-refractivity contribution is 0.0518. The second kappa shape index (κ2) is 10.3. The molecule has 0 aliphatic carbocycles. The minimum absolute atomic E-state index is 0.259. The van der Waals surface area contributed by atoms with Crippen molar-refractivity contribution in [2.45, 2.75) is 13.8 Å². The SMILES string of the molecule is CCOC(=O)c1cccc2c1[nH]c(=O)c1nccn12.CCOC(=O)c1cccc2c1nc(Cl)c1nccn12. The molecule has 0 bridgehead atoms. The number of aromatic amines is 1. The molecule has 0 atom stereocenters. The Morgan fingerprint density at radius 2 is 1.45 bits per heavy atom. The molecular formula is C26H21ClN6O5. The summed E-state index contributed by atoms with van der Waals surface area (Å²) in [4.78, 5) is 50.7. The summed E-state index contributed by atoms with van der Waals surface area (Å²) >= 11 is 6.08. The van der Waals surface area contributed by atoms with Crippen LogP contribution in [-0.4, -0.2) is 53.9 Å². The summed E-state index contributed by atoms with van der Waals surface area (Å²) in [6.07, 6.45) is 6.64. The lowest BCUT2D eigenvalue weighted by Gasteiger charge is -2.07. The van der Waals surface area contributed by atoms with Crippen LogP contribution in [0.5, 0.6) is 0 Å². The van der Waals surface area contributed by atoms with Crippen LogP contribution in [0.4, 0.5) is 0 Å². The van der Waals surface area contributed by atoms with Gasteiger partial charge in [-0.05, 0) is 38.1 Å². The van der Waals surface area contributed by atoms with E-state index in [0.29, 0.717) is 45.6 Å². The van der Waals surface area contributed by atoms with Gasteiger partial charge in [-0.2, -0.15) is 0 Å². The number of para-hydroxylation sites is 2. The molecule has 11 nitrogen and oxygen atoms in total. The van der Waals surface area contributed by atoms with E-state index in [-0.39, 0.29) is 17.3 Å². The highest BCUT2D eigenvalue weighted by atomic mass is 35.5. The van der Waals surface area contributed by atoms with E-state index in [9.17, 15) is 14.4 Å². The molecule has 0 radical (unpaired) electrons. The molecule has 0 unspecified atom stereocenters. The number of benzene rings is 2. The average molecular weight is 533 g/mol. The third-order valence-corrected chi connectivity index (χ3v) is 5.94. The summed E-state index contributed by atoms with van der Waals surface area (Å²) in [5, 5.41) is 0.259. The second-order valence-electron chi connectivity index (χ2n) is 7.91. The molecule has 12 heteroatoms. The predicted molar refractivity (Wildman–Crippen MR) is 141 cm³/mol. The second-order valence-corrected chi connectivity index (χ2v) is 8.27. The number of hydrogen-bond donors (Lipinski definition) is 1. The molecule has 0 fully saturated rings. The number of fused-ring (bicyclic) bond motifs is 6. The van der Waals surface area contributed by atoms with Crippen molar-refractivity contribution >= 4 is 56.9 Å². The van der Waals surface area contributed by atoms with Gasteiger partial charge in [0, 0.05) is 24.8 Å². The van der Waals surface area contributed by atoms with Crippen molar-refractivity contribution in [1.29, 1.82) is 0 Å². The van der Waals surface area contributed by atoms with Gasteiger partial charge in [0.15, 0.2) is 10.8 Å². The van der Waals surface area contributed by atoms with Gasteiger partial charge in [-0.1, -0.05) is 23.7 Å². The van der Waals surface area contributed by atoms with Crippen LogP contribution >= 0.6 is 11.6 Å². The number of rotatable bonds is 4. The summed E-state index contributed by atoms with van der Waals surface area (Å²) in [6, 6.07) is 10.5. The smallest absolute Gasteiger partial charge is 0.340 e. The molecule has 4 aromatic heterocycles. The number of imidazole rings is 2. The van der Waals surface area contributed by atoms with Gasteiger partial charge in [-0.15, -0.1) is 0 Å². The number of H-pyrrole nitrogens is 1. The molecule has 4 heterocycles. The monoisotopic (exact) mass is 532 g/mol. The fourth-order valence-electron chi connectivity index (χ4n) is 4.10. The highest BCUT2D eigenvalue weighted by molar-refractivity contribution is 6.32. The highest BCUT2D eigenvalue weighted by Gasteiger charge is 2.16. The predicted octanol–water partition coefficient (Wildman–Crippen LogP) is 4.07. The van der Waals surface area contributed by atoms with E-state index in [0.717, 1.165) is 5.52 Å². The Balaban J connectivity index is 0.000000155. The minimum atomic E-state index is -0.455. The Morgan fingerprint density at radius 3 is 2.13 bits per heavy atom. The van der Waals surface area contributed by atoms with E-state index in [1.54, 1.807) is 71.7 Å². The molecule has 6 rings (SSSR count). The fraction of sp³-hybridized carbons (Fsp3) is 0.154. The first-order chi connectivity index (χ1) is 18.4. The van der Waals surface area contributed by atoms with Crippen LogP contribution < -0.4 is 5.56 Å². The van der Waals surface area contributed by atoms with E-state index in [4.69, 9.17) is 21.1 Å². The van der Waals surface area contributed by atoms with E-state index in [1.807, 2.05) is 12.1 Å². The topological polar surface area (TPSA) is 133 Å². The molecular weight excluding hydrogens is 512 g/mol. The van der Waals surface area contributed by atoms with E-state index < -0.39 is 11.9 Å². The number of hydrogen-bond acceptors (Lipinski definition) is 8. The molecule has 0 amide bonds. The van der Waals surface area contributed by atoms with Crippen molar-refractivity contribution in [3.63, 3.8) is 0 Å². The normalized spacial score (nSPS) is 11.0. The van der Waals surface area contributed by atoms with Crippen LogP contribution in [0.1, 0.15) is 34.6 Å². The van der Waals surface area contributed by atoms with Crippen molar-refractivity contribution in [3.05, 3.63) is 87.8 Å². The minimum Gasteiger partial charge on any atom is -0.462 e. The van der Waals surface area contributed by atoms with E-state index in [1.165, 1.54) is 0 Å². The molecule has 2 aromatic carbocycles. The van der Waals surface area contributed by atoms with Gasteiger partial charge in [0.2, 0.25) is 5.65 Å². The van der Waals surface area contributed by atoms with Crippen molar-refractivity contribution in [2.24, 2.45) is 0 Å². The van der Waals surface area contributed by atoms with Crippen LogP contribution in [0, 0.1) is 0 Å². The molecule has 0 aliphatic rings. The zero-order chi connectivity index (χ0) is 26.8. The zero-order valence-corrected chi connectivity index (χ0v) is 21.1. The molecule has 0 spiro atoms. The van der Waals surface area contributed by atoms with Crippen LogP contribution in [0.15, 0.2) is 66.0 Å². The molecule has 38 heavy (non-hydrogen) atoms. The Kier molecular flexibility index (Phi) is 6.75. The number of nitrogens with one attached hydrogen (secondary N) is 1. The Hall–Kier alpha value is -4.77. The van der Waals surface area contributed by atoms with Crippen molar-refractivity contribution < 1.29 is 19.1 Å². The average Bonchev–Trinajstić information content (AvgIpc) is 3.60. The van der Waals surface area contributed by atoms with Crippen LogP contribution in [-0.2, 0) is 9.47 Å². The number of aromatic nitrogens is 6. The van der Waals surface area contributed by atoms with Gasteiger partial charge in [0.1, 0.15) is 5.52 Å². The lowest BCUT2D eigenvalue weighted by Crippen LogP contribution is -2.14. The first kappa shape index (κ1) is 24.9. The number of carbonyl (C=O) groups is 2. The van der Waals surface area contributed by atoms with E-state index in [2.05, 4.69) is 19.9 Å². The third-order valence-electron chi connectivity index (χ3n) is 5.68. The maximum Gasteiger partial charge on any atom is 0.340 e. The van der Waals surface area contributed by atoms with Crippen LogP contribution in [0.3, 0.4) is 0 Å². The molecule has 0 aliphatic heterocycles. The molecule has 0 saturated heterocycles. The summed E-state index contributed by atoms with van der Waals surface area (Å²) in [6.45, 7) is 4.10. The standard InChI is InChI=1S/C13H10ClN3O2.C13H11N3O3/c1-2-19-13(18)8-4-3-5-9-10(8)16-11(14)12-15-6-7-17(9)12;1-2-19-13(18)8-4-3-5-9-10(8)15-12(17)11-14-6-7-16(9)11/h3-7H,2H2,1H3;3-7H,2H2,1H3,(H,15,17). The number of nitrogens with zero attached hydrogens (tertiary/aromatic N) is 5. The molecule has 192 valence electrons. The van der Waals surface area contributed by atoms with Gasteiger partial charge in [0.25, 0.3) is 5.56 Å². The first-order valence-corrected chi connectivity index (χ1v) is 12.1. The number of ether oxygens (including phenoxy) is 2. The summed E-state index contributed by atoms with van der Waals surface area (Å²) < 4.78 is 13.5. The largest absolute Gasteiger partial charge is 0.462 e. The maximum atomic E-state index is 11.9. The quantitative estimate of drug-likeness (QED) is 0.336. The van der Waals surface area contributed by atoms with Gasteiger partial charge >= 0.3 is 11.9 Å². The third kappa shape index (κ3) is 4.33. The summed E-state index contributed by atoms with van der Waals surface area (Å²) in [7, 11) is 0. The van der Waals surface area contributed by atoms with Gasteiger partial charge < -0.3 is 14.5 Å². The lowest BCUT2D eigenvalue weighted by atomic mass is 10.1. The van der Waals surface area contributed by atoms with Crippen LogP contribution in [0.25, 0.3) is 33.4 Å². The van der Waals surface area contributed by atoms with Gasteiger partial charge in [0.05, 0.1) is 40.9 Å². The van der Waals surface area contributed by atoms with Crippen LogP contribution in [0.2, 0.25) is 5.15 Å². The van der Waals surface area contributed by atoms with E-state index >= 15 is 0 Å². The molecule has 0 saturated carbocycles. The number of carbonyl (C=O) groups excluding carboxylic acids is 2. The van der Waals surface area contributed by atoms with Gasteiger partial charge in [-0.3, -0.25) is 13.6 Å². The molecule has 1 N–H and O–H groups in total. The van der Waals surface area contributed by atoms with Crippen molar-refractivity contribution in [1.82, 2.24) is 28.7 Å². The Morgan fingerprint density at radius 1 is 0.868 bits per heavy atom. The first-order valence-electron chi connectivity index (χ1n) is 11.7. The Bertz CT molecular complexity index is 1890. The van der Waals surface area contributed by atoms with Gasteiger partial charge in [-0.25, -0.2) is 24.5 Å². The summed E-state index contributed by atoms with van der Waals surface area (Å²) in [5.74, 6) is -0.862.